The lowest BCUT2D eigenvalue weighted by atomic mass is 10.2. The molecule has 0 aliphatic carbocycles. The average Bonchev–Trinajstić information content (AvgIpc) is 2.20. The fraction of sp³-hybridized carbons (Fsp3) is 0.400. The number of nitrogens with zero attached hydrogens (tertiary/aromatic N) is 2. The van der Waals surface area contributed by atoms with E-state index in [0.29, 0.717) is 5.56 Å². The van der Waals surface area contributed by atoms with Crippen LogP contribution in [-0.4, -0.2) is 24.0 Å². The summed E-state index contributed by atoms with van der Waals surface area (Å²) in [4.78, 5) is 17.1. The smallest absolute Gasteiger partial charge is 0.250 e. The lowest BCUT2D eigenvalue weighted by Crippen LogP contribution is -2.23. The van der Waals surface area contributed by atoms with Crippen molar-refractivity contribution in [2.45, 2.75) is 13.8 Å². The molecule has 1 aromatic heterocycles. The number of rotatable bonds is 4. The first-order valence-corrected chi connectivity index (χ1v) is 4.69. The summed E-state index contributed by atoms with van der Waals surface area (Å²) in [5, 5.41) is 0. The van der Waals surface area contributed by atoms with Gasteiger partial charge in [-0.05, 0) is 26.0 Å². The number of carbonyl (C=O) groups excluding carboxylic acids is 1. The normalized spacial score (nSPS) is 9.20. The molecule has 4 nitrogen and oxygen atoms in total. The highest BCUT2D eigenvalue weighted by molar-refractivity contribution is 5.92. The molecule has 0 bridgehead atoms. The van der Waals surface area contributed by atoms with Gasteiger partial charge >= 0.3 is 0 Å². The van der Waals surface area contributed by atoms with Crippen LogP contribution < -0.4 is 10.6 Å². The van der Waals surface area contributed by atoms with Gasteiger partial charge in [0.2, 0.25) is 5.91 Å². The van der Waals surface area contributed by atoms with Crippen molar-refractivity contribution in [2.24, 2.45) is 5.73 Å². The maximum absolute atomic E-state index is 10.8. The Morgan fingerprint density at radius 3 is 2.33 bits per heavy atom. The molecule has 0 saturated carbocycles. The van der Waals surface area contributed by atoms with Crippen molar-refractivity contribution >= 4 is 24.1 Å². The van der Waals surface area contributed by atoms with Crippen molar-refractivity contribution < 1.29 is 4.79 Å². The fourth-order valence-electron chi connectivity index (χ4n) is 1.27. The van der Waals surface area contributed by atoms with Crippen LogP contribution in [0.5, 0.6) is 0 Å². The maximum Gasteiger partial charge on any atom is 0.250 e. The monoisotopic (exact) mass is 229 g/mol. The third-order valence-electron chi connectivity index (χ3n) is 2.12. The predicted molar refractivity (Wildman–Crippen MR) is 63.6 cm³/mol. The molecule has 0 aliphatic heterocycles. The van der Waals surface area contributed by atoms with Crippen LogP contribution in [0.1, 0.15) is 24.2 Å². The van der Waals surface area contributed by atoms with E-state index in [-0.39, 0.29) is 12.4 Å². The summed E-state index contributed by atoms with van der Waals surface area (Å²) >= 11 is 0. The largest absolute Gasteiger partial charge is 0.366 e. The lowest BCUT2D eigenvalue weighted by Gasteiger charge is -2.19. The summed E-state index contributed by atoms with van der Waals surface area (Å²) in [5.74, 6) is 0.434. The summed E-state index contributed by atoms with van der Waals surface area (Å²) in [6.45, 7) is 5.93. The Morgan fingerprint density at radius 2 is 2.00 bits per heavy atom. The number of aromatic nitrogens is 1. The van der Waals surface area contributed by atoms with Gasteiger partial charge in [-0.1, -0.05) is 0 Å². The Kier molecular flexibility index (Phi) is 5.70. The van der Waals surface area contributed by atoms with E-state index in [2.05, 4.69) is 23.7 Å². The molecule has 0 aliphatic rings. The number of amides is 1. The first-order valence-electron chi connectivity index (χ1n) is 4.69. The van der Waals surface area contributed by atoms with E-state index in [1.807, 2.05) is 6.07 Å². The van der Waals surface area contributed by atoms with Gasteiger partial charge in [-0.2, -0.15) is 0 Å². The van der Waals surface area contributed by atoms with Gasteiger partial charge in [0.1, 0.15) is 5.82 Å². The Balaban J connectivity index is 0.00000196. The standard InChI is InChI=1S/C10H15N3O.ClH/c1-3-13(4-2)9-6-5-8(7-12-9)10(11)14;/h5-7H,3-4H2,1-2H3,(H2,11,14);1H. The Bertz CT molecular complexity index is 309. The van der Waals surface area contributed by atoms with Crippen LogP contribution in [0.2, 0.25) is 0 Å². The van der Waals surface area contributed by atoms with Crippen molar-refractivity contribution in [3.8, 4) is 0 Å². The van der Waals surface area contributed by atoms with Crippen molar-refractivity contribution in [1.29, 1.82) is 0 Å². The summed E-state index contributed by atoms with van der Waals surface area (Å²) in [6.07, 6.45) is 1.51. The minimum absolute atomic E-state index is 0. The van der Waals surface area contributed by atoms with Crippen LogP contribution in [0.15, 0.2) is 18.3 Å². The average molecular weight is 230 g/mol. The summed E-state index contributed by atoms with van der Waals surface area (Å²) < 4.78 is 0. The van der Waals surface area contributed by atoms with Gasteiger partial charge in [0.05, 0.1) is 5.56 Å². The molecule has 1 aromatic rings. The first kappa shape index (κ1) is 13.7. The van der Waals surface area contributed by atoms with Gasteiger partial charge in [-0.3, -0.25) is 4.79 Å². The van der Waals surface area contributed by atoms with Gasteiger partial charge in [0, 0.05) is 19.3 Å². The first-order chi connectivity index (χ1) is 6.69. The Hall–Kier alpha value is -1.29. The van der Waals surface area contributed by atoms with Gasteiger partial charge in [-0.15, -0.1) is 12.4 Å². The van der Waals surface area contributed by atoms with Crippen molar-refractivity contribution in [3.63, 3.8) is 0 Å². The molecule has 0 saturated heterocycles. The number of carbonyl (C=O) groups is 1. The second kappa shape index (κ2) is 6.24. The Labute approximate surface area is 95.9 Å². The zero-order valence-electron chi connectivity index (χ0n) is 8.93. The van der Waals surface area contributed by atoms with E-state index < -0.39 is 5.91 Å². The number of nitrogens with two attached hydrogens (primary N) is 1. The van der Waals surface area contributed by atoms with Crippen LogP contribution in [0.3, 0.4) is 0 Å². The van der Waals surface area contributed by atoms with E-state index in [1.54, 1.807) is 6.07 Å². The third-order valence-corrected chi connectivity index (χ3v) is 2.12. The minimum Gasteiger partial charge on any atom is -0.366 e. The molecule has 1 rings (SSSR count). The lowest BCUT2D eigenvalue weighted by molar-refractivity contribution is 0.1000. The number of pyridine rings is 1. The van der Waals surface area contributed by atoms with Crippen LogP contribution in [0.4, 0.5) is 5.82 Å². The Morgan fingerprint density at radius 1 is 1.40 bits per heavy atom. The molecule has 1 amide bonds. The van der Waals surface area contributed by atoms with Gasteiger partial charge in [0.15, 0.2) is 0 Å². The van der Waals surface area contributed by atoms with E-state index in [9.17, 15) is 4.79 Å². The number of hydrogen-bond donors (Lipinski definition) is 1. The topological polar surface area (TPSA) is 59.2 Å². The predicted octanol–water partition coefficient (Wildman–Crippen LogP) is 1.45. The van der Waals surface area contributed by atoms with Gasteiger partial charge in [0.25, 0.3) is 0 Å². The van der Waals surface area contributed by atoms with Gasteiger partial charge < -0.3 is 10.6 Å². The summed E-state index contributed by atoms with van der Waals surface area (Å²) in [5.41, 5.74) is 5.56. The summed E-state index contributed by atoms with van der Waals surface area (Å²) in [7, 11) is 0. The van der Waals surface area contributed by atoms with Crippen molar-refractivity contribution in [3.05, 3.63) is 23.9 Å². The molecule has 5 heteroatoms. The number of anilines is 1. The molecule has 1 heterocycles. The zero-order valence-corrected chi connectivity index (χ0v) is 9.75. The molecular formula is C10H16ClN3O. The SMILES string of the molecule is CCN(CC)c1ccc(C(N)=O)cn1.Cl. The number of primary amides is 1. The van der Waals surface area contributed by atoms with E-state index in [0.717, 1.165) is 18.9 Å². The number of halogens is 1. The van der Waals surface area contributed by atoms with E-state index in [4.69, 9.17) is 5.73 Å². The highest BCUT2D eigenvalue weighted by Crippen LogP contribution is 2.10. The zero-order chi connectivity index (χ0) is 10.6. The molecule has 0 spiro atoms. The fourth-order valence-corrected chi connectivity index (χ4v) is 1.27. The molecular weight excluding hydrogens is 214 g/mol. The van der Waals surface area contributed by atoms with Crippen molar-refractivity contribution in [2.75, 3.05) is 18.0 Å². The molecule has 0 atom stereocenters. The summed E-state index contributed by atoms with van der Waals surface area (Å²) in [6, 6.07) is 3.51. The number of hydrogen-bond acceptors (Lipinski definition) is 3. The van der Waals surface area contributed by atoms with Gasteiger partial charge in [-0.25, -0.2) is 4.98 Å². The highest BCUT2D eigenvalue weighted by atomic mass is 35.5. The van der Waals surface area contributed by atoms with Crippen LogP contribution in [0, 0.1) is 0 Å². The molecule has 2 N–H and O–H groups in total. The molecule has 84 valence electrons. The molecule has 0 radical (unpaired) electrons. The minimum atomic E-state index is -0.441. The molecule has 0 aromatic carbocycles. The van der Waals surface area contributed by atoms with E-state index in [1.165, 1.54) is 6.20 Å². The molecule has 0 unspecified atom stereocenters. The van der Waals surface area contributed by atoms with Crippen molar-refractivity contribution in [1.82, 2.24) is 4.98 Å². The second-order valence-corrected chi connectivity index (χ2v) is 2.94. The molecule has 0 fully saturated rings. The second-order valence-electron chi connectivity index (χ2n) is 2.94. The quantitative estimate of drug-likeness (QED) is 0.850. The third kappa shape index (κ3) is 3.40. The van der Waals surface area contributed by atoms with Crippen LogP contribution in [0.25, 0.3) is 0 Å². The van der Waals surface area contributed by atoms with Crippen LogP contribution >= 0.6 is 12.4 Å². The molecule has 15 heavy (non-hydrogen) atoms. The highest BCUT2D eigenvalue weighted by Gasteiger charge is 2.04. The maximum atomic E-state index is 10.8. The van der Waals surface area contributed by atoms with Crippen LogP contribution in [-0.2, 0) is 0 Å². The van der Waals surface area contributed by atoms with E-state index >= 15 is 0 Å².